The van der Waals surface area contributed by atoms with Gasteiger partial charge in [-0.15, -0.1) is 0 Å². The fraction of sp³-hybridized carbons (Fsp3) is 0.278. The third-order valence-electron chi connectivity index (χ3n) is 4.04. The molecule has 2 N–H and O–H groups in total. The van der Waals surface area contributed by atoms with Crippen molar-refractivity contribution in [2.75, 3.05) is 18.8 Å². The van der Waals surface area contributed by atoms with Crippen LogP contribution in [0.15, 0.2) is 48.5 Å². The van der Waals surface area contributed by atoms with Gasteiger partial charge in [0.2, 0.25) is 0 Å². The minimum atomic E-state index is -0.279. The van der Waals surface area contributed by atoms with Crippen LogP contribution in [0.4, 0.5) is 10.1 Å². The molecule has 0 spiro atoms. The molecule has 1 saturated heterocycles. The van der Waals surface area contributed by atoms with Gasteiger partial charge < -0.3 is 15.4 Å². The van der Waals surface area contributed by atoms with E-state index in [0.717, 1.165) is 12.8 Å². The number of ether oxygens (including phenoxy) is 1. The molecule has 4 nitrogen and oxygen atoms in total. The molecule has 1 amide bonds. The molecule has 2 aromatic carbocycles. The summed E-state index contributed by atoms with van der Waals surface area (Å²) < 4.78 is 18.7. The molecule has 0 atom stereocenters. The maximum atomic E-state index is 12.9. The van der Waals surface area contributed by atoms with Crippen LogP contribution in [-0.4, -0.2) is 30.0 Å². The molecule has 2 aromatic rings. The Kier molecular flexibility index (Phi) is 4.46. The van der Waals surface area contributed by atoms with E-state index in [2.05, 4.69) is 0 Å². The quantitative estimate of drug-likeness (QED) is 0.886. The smallest absolute Gasteiger partial charge is 0.255 e. The molecule has 0 unspecified atom stereocenters. The Morgan fingerprint density at radius 3 is 2.39 bits per heavy atom. The van der Waals surface area contributed by atoms with Crippen LogP contribution < -0.4 is 10.5 Å². The van der Waals surface area contributed by atoms with Crippen LogP contribution in [0.1, 0.15) is 23.2 Å². The molecule has 1 aliphatic heterocycles. The van der Waals surface area contributed by atoms with E-state index in [-0.39, 0.29) is 17.8 Å². The van der Waals surface area contributed by atoms with Crippen LogP contribution in [0, 0.1) is 5.82 Å². The third-order valence-corrected chi connectivity index (χ3v) is 4.04. The Morgan fingerprint density at radius 2 is 1.74 bits per heavy atom. The lowest BCUT2D eigenvalue weighted by Crippen LogP contribution is -2.42. The topological polar surface area (TPSA) is 55.6 Å². The Balaban J connectivity index is 1.57. The molecule has 1 fully saturated rings. The number of hydrogen-bond acceptors (Lipinski definition) is 3. The second-order valence-electron chi connectivity index (χ2n) is 5.65. The lowest BCUT2D eigenvalue weighted by atomic mass is 10.1. The van der Waals surface area contributed by atoms with Crippen molar-refractivity contribution in [2.45, 2.75) is 18.9 Å². The highest BCUT2D eigenvalue weighted by atomic mass is 19.1. The number of benzene rings is 2. The average molecular weight is 314 g/mol. The van der Waals surface area contributed by atoms with E-state index in [0.29, 0.717) is 30.1 Å². The van der Waals surface area contributed by atoms with Gasteiger partial charge in [-0.2, -0.15) is 0 Å². The Bertz CT molecular complexity index is 680. The lowest BCUT2D eigenvalue weighted by Gasteiger charge is -2.32. The van der Waals surface area contributed by atoms with Gasteiger partial charge in [-0.3, -0.25) is 4.79 Å². The molecule has 1 aliphatic rings. The first-order chi connectivity index (χ1) is 11.1. The molecule has 120 valence electrons. The highest BCUT2D eigenvalue weighted by molar-refractivity contribution is 5.99. The molecule has 0 aliphatic carbocycles. The maximum absolute atomic E-state index is 12.9. The Labute approximate surface area is 134 Å². The van der Waals surface area contributed by atoms with Gasteiger partial charge in [0.05, 0.1) is 5.56 Å². The van der Waals surface area contributed by atoms with E-state index in [9.17, 15) is 9.18 Å². The van der Waals surface area contributed by atoms with Gasteiger partial charge in [-0.05, 0) is 36.4 Å². The van der Waals surface area contributed by atoms with Crippen LogP contribution in [0.5, 0.6) is 5.75 Å². The van der Waals surface area contributed by atoms with Crippen LogP contribution in [0.3, 0.4) is 0 Å². The van der Waals surface area contributed by atoms with E-state index in [1.807, 2.05) is 12.1 Å². The van der Waals surface area contributed by atoms with Crippen molar-refractivity contribution in [2.24, 2.45) is 0 Å². The first kappa shape index (κ1) is 15.3. The van der Waals surface area contributed by atoms with Gasteiger partial charge in [-0.1, -0.05) is 12.1 Å². The van der Waals surface area contributed by atoms with Crippen molar-refractivity contribution in [3.63, 3.8) is 0 Å². The second-order valence-corrected chi connectivity index (χ2v) is 5.65. The van der Waals surface area contributed by atoms with Crippen molar-refractivity contribution in [1.82, 2.24) is 4.90 Å². The number of piperidine rings is 1. The molecule has 5 heteroatoms. The summed E-state index contributed by atoms with van der Waals surface area (Å²) in [4.78, 5) is 14.3. The number of nitrogens with two attached hydrogens (primary N) is 1. The number of hydrogen-bond donors (Lipinski definition) is 1. The minimum absolute atomic E-state index is 0.0386. The summed E-state index contributed by atoms with van der Waals surface area (Å²) in [6.45, 7) is 1.25. The second kappa shape index (κ2) is 6.69. The molecule has 0 aromatic heterocycles. The predicted octanol–water partition coefficient (Wildman–Crippen LogP) is 3.09. The van der Waals surface area contributed by atoms with Gasteiger partial charge in [0.1, 0.15) is 17.7 Å². The summed E-state index contributed by atoms with van der Waals surface area (Å²) >= 11 is 0. The number of carbonyl (C=O) groups excluding carboxylic acids is 1. The Morgan fingerprint density at radius 1 is 1.09 bits per heavy atom. The molecular weight excluding hydrogens is 295 g/mol. The molecule has 0 radical (unpaired) electrons. The summed E-state index contributed by atoms with van der Waals surface area (Å²) in [7, 11) is 0. The number of likely N-dealkylation sites (tertiary alicyclic amines) is 1. The number of carbonyl (C=O) groups is 1. The summed E-state index contributed by atoms with van der Waals surface area (Å²) in [5.41, 5.74) is 6.92. The highest BCUT2D eigenvalue weighted by Gasteiger charge is 2.25. The van der Waals surface area contributed by atoms with E-state index in [4.69, 9.17) is 10.5 Å². The van der Waals surface area contributed by atoms with Crippen molar-refractivity contribution < 1.29 is 13.9 Å². The average Bonchev–Trinajstić information content (AvgIpc) is 2.57. The zero-order chi connectivity index (χ0) is 16.2. The monoisotopic (exact) mass is 314 g/mol. The van der Waals surface area contributed by atoms with E-state index in [1.54, 1.807) is 29.2 Å². The van der Waals surface area contributed by atoms with Crippen LogP contribution in [0.2, 0.25) is 0 Å². The van der Waals surface area contributed by atoms with Gasteiger partial charge in [0, 0.05) is 31.6 Å². The van der Waals surface area contributed by atoms with Crippen molar-refractivity contribution >= 4 is 11.6 Å². The van der Waals surface area contributed by atoms with Crippen molar-refractivity contribution in [3.8, 4) is 5.75 Å². The zero-order valence-corrected chi connectivity index (χ0v) is 12.7. The predicted molar refractivity (Wildman–Crippen MR) is 86.8 cm³/mol. The largest absolute Gasteiger partial charge is 0.490 e. The van der Waals surface area contributed by atoms with E-state index >= 15 is 0 Å². The minimum Gasteiger partial charge on any atom is -0.490 e. The summed E-state index contributed by atoms with van der Waals surface area (Å²) in [6.07, 6.45) is 1.53. The number of nitrogens with zero attached hydrogens (tertiary/aromatic N) is 1. The normalized spacial score (nSPS) is 15.4. The molecule has 3 rings (SSSR count). The fourth-order valence-corrected chi connectivity index (χ4v) is 2.74. The van der Waals surface area contributed by atoms with Gasteiger partial charge in [0.15, 0.2) is 0 Å². The number of nitrogen functional groups attached to an aromatic ring is 1. The number of halogens is 1. The third kappa shape index (κ3) is 3.62. The maximum Gasteiger partial charge on any atom is 0.255 e. The first-order valence-electron chi connectivity index (χ1n) is 7.69. The van der Waals surface area contributed by atoms with Gasteiger partial charge in [-0.25, -0.2) is 4.39 Å². The molecule has 0 bridgehead atoms. The van der Waals surface area contributed by atoms with E-state index < -0.39 is 0 Å². The molecular formula is C18H19FN2O2. The first-order valence-corrected chi connectivity index (χ1v) is 7.69. The van der Waals surface area contributed by atoms with Crippen molar-refractivity contribution in [1.29, 1.82) is 0 Å². The number of rotatable bonds is 3. The van der Waals surface area contributed by atoms with E-state index in [1.165, 1.54) is 12.1 Å². The number of anilines is 1. The molecule has 1 heterocycles. The molecule has 0 saturated carbocycles. The summed E-state index contributed by atoms with van der Waals surface area (Å²) in [5.74, 6) is 0.338. The summed E-state index contributed by atoms with van der Waals surface area (Å²) in [5, 5.41) is 0. The standard InChI is InChI=1S/C18H19FN2O2/c19-13-5-7-14(8-6-13)23-15-9-11-21(12-10-15)18(22)16-3-1-2-4-17(16)20/h1-8,15H,9-12,20H2. The fourth-order valence-electron chi connectivity index (χ4n) is 2.74. The number of amides is 1. The zero-order valence-electron chi connectivity index (χ0n) is 12.7. The SMILES string of the molecule is Nc1ccccc1C(=O)N1CCC(Oc2ccc(F)cc2)CC1. The van der Waals surface area contributed by atoms with Crippen LogP contribution in [0.25, 0.3) is 0 Å². The van der Waals surface area contributed by atoms with Gasteiger partial charge >= 0.3 is 0 Å². The highest BCUT2D eigenvalue weighted by Crippen LogP contribution is 2.21. The van der Waals surface area contributed by atoms with Gasteiger partial charge in [0.25, 0.3) is 5.91 Å². The summed E-state index contributed by atoms with van der Waals surface area (Å²) in [6, 6.07) is 13.1. The van der Waals surface area contributed by atoms with Crippen LogP contribution >= 0.6 is 0 Å². The lowest BCUT2D eigenvalue weighted by molar-refractivity contribution is 0.0596. The van der Waals surface area contributed by atoms with Crippen LogP contribution in [-0.2, 0) is 0 Å². The molecule has 23 heavy (non-hydrogen) atoms. The van der Waals surface area contributed by atoms with Crippen molar-refractivity contribution in [3.05, 3.63) is 59.9 Å². The number of para-hydroxylation sites is 1. The Hall–Kier alpha value is -2.56.